The highest BCUT2D eigenvalue weighted by molar-refractivity contribution is 7.98. The molecule has 0 aliphatic heterocycles. The first-order valence-corrected chi connectivity index (χ1v) is 9.61. The van der Waals surface area contributed by atoms with Gasteiger partial charge >= 0.3 is 0 Å². The van der Waals surface area contributed by atoms with Crippen LogP contribution in [0.2, 0.25) is 0 Å². The van der Waals surface area contributed by atoms with Crippen LogP contribution in [0.4, 0.5) is 4.39 Å². The lowest BCUT2D eigenvalue weighted by atomic mass is 10.1. The van der Waals surface area contributed by atoms with E-state index in [0.717, 1.165) is 16.9 Å². The van der Waals surface area contributed by atoms with E-state index in [2.05, 4.69) is 15.2 Å². The topological polar surface area (TPSA) is 74.5 Å². The first kappa shape index (κ1) is 17.5. The van der Waals surface area contributed by atoms with Crippen LogP contribution in [-0.4, -0.2) is 24.4 Å². The van der Waals surface area contributed by atoms with Gasteiger partial charge < -0.3 is 10.4 Å². The van der Waals surface area contributed by atoms with Crippen LogP contribution in [0.3, 0.4) is 0 Å². The van der Waals surface area contributed by atoms with Gasteiger partial charge in [-0.05, 0) is 26.0 Å². The second-order valence-electron chi connectivity index (χ2n) is 6.21. The first-order chi connectivity index (χ1) is 13.1. The Hall–Kier alpha value is -2.87. The van der Waals surface area contributed by atoms with Crippen molar-refractivity contribution in [2.24, 2.45) is 0 Å². The van der Waals surface area contributed by atoms with Gasteiger partial charge in [0.2, 0.25) is 5.16 Å². The molecule has 2 aromatic carbocycles. The predicted molar refractivity (Wildman–Crippen MR) is 105 cm³/mol. The molecule has 0 bridgehead atoms. The summed E-state index contributed by atoms with van der Waals surface area (Å²) in [6, 6.07) is 13.0. The highest BCUT2D eigenvalue weighted by Crippen LogP contribution is 2.27. The van der Waals surface area contributed by atoms with Crippen molar-refractivity contribution in [3.8, 4) is 11.4 Å². The maximum atomic E-state index is 14.0. The highest BCUT2D eigenvalue weighted by atomic mass is 32.2. The number of thioether (sulfide) groups is 1. The SMILES string of the molecule is CCn1c(CSc2nnc(-c3ccc(C)cc3)n2N)nc2c(F)cccc21. The molecule has 2 heterocycles. The molecule has 0 saturated heterocycles. The molecule has 0 spiro atoms. The summed E-state index contributed by atoms with van der Waals surface area (Å²) in [5.41, 5.74) is 3.26. The summed E-state index contributed by atoms with van der Waals surface area (Å²) in [6.45, 7) is 4.75. The molecule has 138 valence electrons. The Morgan fingerprint density at radius 2 is 1.89 bits per heavy atom. The molecule has 0 atom stereocenters. The van der Waals surface area contributed by atoms with Gasteiger partial charge in [-0.3, -0.25) is 0 Å². The number of aromatic nitrogens is 5. The highest BCUT2D eigenvalue weighted by Gasteiger charge is 2.16. The van der Waals surface area contributed by atoms with Crippen molar-refractivity contribution in [2.45, 2.75) is 31.3 Å². The molecule has 4 rings (SSSR count). The maximum Gasteiger partial charge on any atom is 0.210 e. The van der Waals surface area contributed by atoms with Crippen LogP contribution in [0.1, 0.15) is 18.3 Å². The van der Waals surface area contributed by atoms with Gasteiger partial charge in [-0.15, -0.1) is 10.2 Å². The number of nitrogens with zero attached hydrogens (tertiary/aromatic N) is 5. The third kappa shape index (κ3) is 3.16. The lowest BCUT2D eigenvalue weighted by Crippen LogP contribution is -2.11. The van der Waals surface area contributed by atoms with Crippen LogP contribution < -0.4 is 5.84 Å². The van der Waals surface area contributed by atoms with Gasteiger partial charge in [-0.25, -0.2) is 14.1 Å². The molecule has 2 N–H and O–H groups in total. The number of para-hydroxylation sites is 1. The largest absolute Gasteiger partial charge is 0.335 e. The van der Waals surface area contributed by atoms with Crippen LogP contribution in [0.25, 0.3) is 22.4 Å². The van der Waals surface area contributed by atoms with Gasteiger partial charge in [0.1, 0.15) is 11.3 Å². The fourth-order valence-corrected chi connectivity index (χ4v) is 3.83. The smallest absolute Gasteiger partial charge is 0.210 e. The summed E-state index contributed by atoms with van der Waals surface area (Å²) < 4.78 is 17.5. The number of nitrogens with two attached hydrogens (primary N) is 1. The molecule has 0 aliphatic carbocycles. The third-order valence-corrected chi connectivity index (χ3v) is 5.37. The number of imidazole rings is 1. The van der Waals surface area contributed by atoms with Crippen molar-refractivity contribution in [3.05, 3.63) is 59.7 Å². The summed E-state index contributed by atoms with van der Waals surface area (Å²) in [7, 11) is 0. The monoisotopic (exact) mass is 382 g/mol. The molecule has 0 saturated carbocycles. The second-order valence-corrected chi connectivity index (χ2v) is 7.15. The zero-order valence-electron chi connectivity index (χ0n) is 15.1. The van der Waals surface area contributed by atoms with Crippen LogP contribution >= 0.6 is 11.8 Å². The van der Waals surface area contributed by atoms with Crippen LogP contribution in [0.5, 0.6) is 0 Å². The molecule has 2 aromatic heterocycles. The van der Waals surface area contributed by atoms with Gasteiger partial charge in [0.25, 0.3) is 0 Å². The standard InChI is InChI=1S/C19H19FN6S/c1-3-25-15-6-4-5-14(20)17(15)22-16(25)11-27-19-24-23-18(26(19)21)13-9-7-12(2)8-10-13/h4-10H,3,11,21H2,1-2H3. The van der Waals surface area contributed by atoms with E-state index < -0.39 is 0 Å². The zero-order chi connectivity index (χ0) is 19.0. The van der Waals surface area contributed by atoms with Gasteiger partial charge in [-0.1, -0.05) is 47.7 Å². The summed E-state index contributed by atoms with van der Waals surface area (Å²) in [4.78, 5) is 4.47. The molecule has 0 fully saturated rings. The van der Waals surface area contributed by atoms with Crippen molar-refractivity contribution in [3.63, 3.8) is 0 Å². The van der Waals surface area contributed by atoms with E-state index in [4.69, 9.17) is 5.84 Å². The van der Waals surface area contributed by atoms with Crippen LogP contribution in [-0.2, 0) is 12.3 Å². The van der Waals surface area contributed by atoms with Gasteiger partial charge in [-0.2, -0.15) is 0 Å². The summed E-state index contributed by atoms with van der Waals surface area (Å²) in [6.07, 6.45) is 0. The zero-order valence-corrected chi connectivity index (χ0v) is 15.9. The van der Waals surface area contributed by atoms with E-state index in [-0.39, 0.29) is 5.82 Å². The molecular weight excluding hydrogens is 363 g/mol. The molecule has 0 amide bonds. The minimum Gasteiger partial charge on any atom is -0.335 e. The molecule has 6 nitrogen and oxygen atoms in total. The number of hydrogen-bond donors (Lipinski definition) is 1. The Morgan fingerprint density at radius 3 is 2.63 bits per heavy atom. The van der Waals surface area contributed by atoms with E-state index in [1.54, 1.807) is 6.07 Å². The van der Waals surface area contributed by atoms with Crippen molar-refractivity contribution in [2.75, 3.05) is 5.84 Å². The molecule has 0 aliphatic rings. The third-order valence-electron chi connectivity index (χ3n) is 4.43. The fourth-order valence-electron chi connectivity index (χ4n) is 3.03. The quantitative estimate of drug-likeness (QED) is 0.420. The van der Waals surface area contributed by atoms with Gasteiger partial charge in [0, 0.05) is 12.1 Å². The molecule has 0 unspecified atom stereocenters. The number of aryl methyl sites for hydroxylation is 2. The number of rotatable bonds is 5. The van der Waals surface area contributed by atoms with E-state index in [1.165, 1.54) is 28.1 Å². The minimum absolute atomic E-state index is 0.311. The molecule has 27 heavy (non-hydrogen) atoms. The van der Waals surface area contributed by atoms with E-state index in [0.29, 0.717) is 28.8 Å². The number of fused-ring (bicyclic) bond motifs is 1. The average Bonchev–Trinajstić information content (AvgIpc) is 3.21. The lowest BCUT2D eigenvalue weighted by molar-refractivity contribution is 0.637. The van der Waals surface area contributed by atoms with E-state index in [1.807, 2.05) is 48.7 Å². The van der Waals surface area contributed by atoms with Crippen molar-refractivity contribution in [1.29, 1.82) is 0 Å². The van der Waals surface area contributed by atoms with E-state index in [9.17, 15) is 4.39 Å². The lowest BCUT2D eigenvalue weighted by Gasteiger charge is -2.06. The Morgan fingerprint density at radius 1 is 1.11 bits per heavy atom. The average molecular weight is 382 g/mol. The Balaban J connectivity index is 1.60. The number of hydrogen-bond acceptors (Lipinski definition) is 5. The predicted octanol–water partition coefficient (Wildman–Crippen LogP) is 3.77. The van der Waals surface area contributed by atoms with Crippen molar-refractivity contribution < 1.29 is 4.39 Å². The second kappa shape index (κ2) is 7.03. The summed E-state index contributed by atoms with van der Waals surface area (Å²) in [5, 5.41) is 8.99. The maximum absolute atomic E-state index is 14.0. The number of benzene rings is 2. The van der Waals surface area contributed by atoms with Gasteiger partial charge in [0.15, 0.2) is 11.6 Å². The normalized spacial score (nSPS) is 11.4. The first-order valence-electron chi connectivity index (χ1n) is 8.62. The number of nitrogen functional groups attached to an aromatic ring is 1. The molecule has 4 aromatic rings. The van der Waals surface area contributed by atoms with E-state index >= 15 is 0 Å². The Kier molecular flexibility index (Phi) is 4.57. The van der Waals surface area contributed by atoms with Crippen molar-refractivity contribution >= 4 is 22.8 Å². The van der Waals surface area contributed by atoms with Crippen LogP contribution in [0, 0.1) is 12.7 Å². The molecular formula is C19H19FN6S. The molecule has 8 heteroatoms. The summed E-state index contributed by atoms with van der Waals surface area (Å²) in [5.74, 6) is 7.78. The van der Waals surface area contributed by atoms with Crippen LogP contribution in [0.15, 0.2) is 47.6 Å². The summed E-state index contributed by atoms with van der Waals surface area (Å²) >= 11 is 1.43. The number of halogens is 1. The van der Waals surface area contributed by atoms with Crippen molar-refractivity contribution in [1.82, 2.24) is 24.4 Å². The fraction of sp³-hybridized carbons (Fsp3) is 0.211. The Bertz CT molecular complexity index is 1100. The molecule has 0 radical (unpaired) electrons. The Labute approximate surface area is 160 Å². The minimum atomic E-state index is -0.311. The van der Waals surface area contributed by atoms with Gasteiger partial charge in [0.05, 0.1) is 11.3 Å².